The van der Waals surface area contributed by atoms with Crippen molar-refractivity contribution in [1.29, 1.82) is 0 Å². The smallest absolute Gasteiger partial charge is 0.265 e. The van der Waals surface area contributed by atoms with Gasteiger partial charge in [-0.2, -0.15) is 10.2 Å². The van der Waals surface area contributed by atoms with Crippen molar-refractivity contribution in [2.45, 2.75) is 16.6 Å². The van der Waals surface area contributed by atoms with Gasteiger partial charge in [0.1, 0.15) is 0 Å². The number of anilines is 2. The van der Waals surface area contributed by atoms with Gasteiger partial charge in [0.15, 0.2) is 0 Å². The second kappa shape index (κ2) is 10.7. The maximum Gasteiger partial charge on any atom is 0.265 e. The number of amides is 3. The van der Waals surface area contributed by atoms with Crippen molar-refractivity contribution < 1.29 is 14.4 Å². The van der Waals surface area contributed by atoms with E-state index in [4.69, 9.17) is 0 Å². The van der Waals surface area contributed by atoms with E-state index in [0.717, 1.165) is 10.6 Å². The standard InChI is InChI=1S/C27H20N4O3S2/c32-25-17-24(36-22-14-10-18(11-15-22)28-26(33)23-7-4-16-35-23)27(34)31(25)21-12-8-20(9-13-21)30-29-19-5-2-1-3-6-19/h1-16,24H,17H2,(H,28,33). The van der Waals surface area contributed by atoms with Crippen LogP contribution in [0.5, 0.6) is 0 Å². The van der Waals surface area contributed by atoms with Gasteiger partial charge in [-0.3, -0.25) is 14.4 Å². The molecule has 7 nitrogen and oxygen atoms in total. The predicted molar refractivity (Wildman–Crippen MR) is 143 cm³/mol. The van der Waals surface area contributed by atoms with Gasteiger partial charge in [-0.05, 0) is 72.1 Å². The van der Waals surface area contributed by atoms with Crippen molar-refractivity contribution in [2.24, 2.45) is 10.2 Å². The SMILES string of the molecule is O=C(Nc1ccc(SC2CC(=O)N(c3ccc(N=Nc4ccccc4)cc3)C2=O)cc1)c1cccs1. The van der Waals surface area contributed by atoms with Crippen LogP contribution in [-0.2, 0) is 9.59 Å². The van der Waals surface area contributed by atoms with E-state index in [0.29, 0.717) is 21.9 Å². The van der Waals surface area contributed by atoms with E-state index in [1.165, 1.54) is 28.0 Å². The summed E-state index contributed by atoms with van der Waals surface area (Å²) in [4.78, 5) is 40.6. The van der Waals surface area contributed by atoms with Crippen LogP contribution < -0.4 is 10.2 Å². The van der Waals surface area contributed by atoms with Crippen molar-refractivity contribution >= 4 is 63.6 Å². The molecule has 1 fully saturated rings. The van der Waals surface area contributed by atoms with E-state index in [-0.39, 0.29) is 24.1 Å². The Morgan fingerprint density at radius 2 is 1.56 bits per heavy atom. The Morgan fingerprint density at radius 1 is 0.861 bits per heavy atom. The van der Waals surface area contributed by atoms with Crippen LogP contribution in [0.1, 0.15) is 16.1 Å². The van der Waals surface area contributed by atoms with Crippen LogP contribution in [0.4, 0.5) is 22.7 Å². The molecule has 3 amide bonds. The highest BCUT2D eigenvalue weighted by Gasteiger charge is 2.40. The lowest BCUT2D eigenvalue weighted by atomic mass is 10.2. The first kappa shape index (κ1) is 23.7. The molecule has 5 rings (SSSR count). The van der Waals surface area contributed by atoms with Crippen molar-refractivity contribution in [2.75, 3.05) is 10.2 Å². The predicted octanol–water partition coefficient (Wildman–Crippen LogP) is 6.84. The highest BCUT2D eigenvalue weighted by atomic mass is 32.2. The Morgan fingerprint density at radius 3 is 2.22 bits per heavy atom. The zero-order valence-corrected chi connectivity index (χ0v) is 20.5. The second-order valence-corrected chi connectivity index (χ2v) is 10.1. The summed E-state index contributed by atoms with van der Waals surface area (Å²) < 4.78 is 0. The minimum Gasteiger partial charge on any atom is -0.321 e. The Bertz CT molecular complexity index is 1400. The Labute approximate surface area is 215 Å². The molecule has 1 aliphatic heterocycles. The van der Waals surface area contributed by atoms with Crippen LogP contribution in [0.15, 0.2) is 111 Å². The molecule has 4 aromatic rings. The average molecular weight is 513 g/mol. The number of benzene rings is 3. The molecule has 0 bridgehead atoms. The average Bonchev–Trinajstić information content (AvgIpc) is 3.54. The molecule has 1 aromatic heterocycles. The van der Waals surface area contributed by atoms with Gasteiger partial charge in [-0.1, -0.05) is 24.3 Å². The number of azo groups is 1. The highest BCUT2D eigenvalue weighted by Crippen LogP contribution is 2.35. The summed E-state index contributed by atoms with van der Waals surface area (Å²) in [5, 5.41) is 12.6. The topological polar surface area (TPSA) is 91.2 Å². The first-order valence-electron chi connectivity index (χ1n) is 11.1. The van der Waals surface area contributed by atoms with Gasteiger partial charge in [-0.25, -0.2) is 4.90 Å². The number of thiophene rings is 1. The fourth-order valence-electron chi connectivity index (χ4n) is 3.63. The van der Waals surface area contributed by atoms with Gasteiger partial charge < -0.3 is 5.32 Å². The van der Waals surface area contributed by atoms with Crippen molar-refractivity contribution in [3.8, 4) is 0 Å². The molecule has 0 saturated carbocycles. The summed E-state index contributed by atoms with van der Waals surface area (Å²) in [6.07, 6.45) is 0.121. The number of hydrogen-bond donors (Lipinski definition) is 1. The zero-order chi connectivity index (χ0) is 24.9. The third-order valence-electron chi connectivity index (χ3n) is 5.39. The molecule has 1 saturated heterocycles. The number of nitrogens with zero attached hydrogens (tertiary/aromatic N) is 3. The van der Waals surface area contributed by atoms with Crippen LogP contribution in [-0.4, -0.2) is 23.0 Å². The van der Waals surface area contributed by atoms with E-state index in [9.17, 15) is 14.4 Å². The van der Waals surface area contributed by atoms with Gasteiger partial charge in [-0.15, -0.1) is 23.1 Å². The van der Waals surface area contributed by atoms with Crippen LogP contribution >= 0.6 is 23.1 Å². The summed E-state index contributed by atoms with van der Waals surface area (Å²) in [6, 6.07) is 27.1. The van der Waals surface area contributed by atoms with E-state index < -0.39 is 5.25 Å². The number of hydrogen-bond acceptors (Lipinski definition) is 7. The van der Waals surface area contributed by atoms with E-state index in [1.54, 1.807) is 42.5 Å². The Kier molecular flexibility index (Phi) is 7.01. The quantitative estimate of drug-likeness (QED) is 0.217. The first-order valence-corrected chi connectivity index (χ1v) is 12.9. The lowest BCUT2D eigenvalue weighted by molar-refractivity contribution is -0.121. The van der Waals surface area contributed by atoms with Crippen LogP contribution in [0.25, 0.3) is 0 Å². The molecule has 0 radical (unpaired) electrons. The summed E-state index contributed by atoms with van der Waals surface area (Å²) in [5.41, 5.74) is 2.54. The fourth-order valence-corrected chi connectivity index (χ4v) is 5.30. The number of carbonyl (C=O) groups is 3. The molecule has 36 heavy (non-hydrogen) atoms. The van der Waals surface area contributed by atoms with Crippen LogP contribution in [0.3, 0.4) is 0 Å². The van der Waals surface area contributed by atoms with Crippen LogP contribution in [0.2, 0.25) is 0 Å². The number of rotatable bonds is 7. The summed E-state index contributed by atoms with van der Waals surface area (Å²) >= 11 is 2.71. The Balaban J connectivity index is 1.21. The summed E-state index contributed by atoms with van der Waals surface area (Å²) in [5.74, 6) is -0.653. The molecule has 178 valence electrons. The van der Waals surface area contributed by atoms with Gasteiger partial charge in [0.05, 0.1) is 27.2 Å². The lowest BCUT2D eigenvalue weighted by Crippen LogP contribution is -2.30. The molecule has 1 N–H and O–H groups in total. The molecular formula is C27H20N4O3S2. The number of nitrogens with one attached hydrogen (secondary N) is 1. The van der Waals surface area contributed by atoms with Crippen molar-refractivity contribution in [3.63, 3.8) is 0 Å². The number of thioether (sulfide) groups is 1. The molecule has 9 heteroatoms. The Hall–Kier alpha value is -4.08. The van der Waals surface area contributed by atoms with E-state index >= 15 is 0 Å². The lowest BCUT2D eigenvalue weighted by Gasteiger charge is -2.15. The largest absolute Gasteiger partial charge is 0.321 e. The third kappa shape index (κ3) is 5.42. The molecule has 2 heterocycles. The second-order valence-electron chi connectivity index (χ2n) is 7.89. The molecule has 1 atom stereocenters. The minimum absolute atomic E-state index is 0.121. The van der Waals surface area contributed by atoms with Gasteiger partial charge >= 0.3 is 0 Å². The maximum absolute atomic E-state index is 13.0. The van der Waals surface area contributed by atoms with E-state index in [1.807, 2.05) is 53.9 Å². The number of carbonyl (C=O) groups excluding carboxylic acids is 3. The van der Waals surface area contributed by atoms with E-state index in [2.05, 4.69) is 15.5 Å². The molecule has 3 aromatic carbocycles. The molecule has 1 unspecified atom stereocenters. The molecular weight excluding hydrogens is 492 g/mol. The van der Waals surface area contributed by atoms with Crippen molar-refractivity contribution in [3.05, 3.63) is 101 Å². The normalized spacial score (nSPS) is 15.6. The minimum atomic E-state index is -0.512. The molecule has 0 spiro atoms. The maximum atomic E-state index is 13.0. The summed E-state index contributed by atoms with van der Waals surface area (Å²) in [6.45, 7) is 0. The fraction of sp³-hybridized carbons (Fsp3) is 0.0741. The van der Waals surface area contributed by atoms with Gasteiger partial charge in [0.25, 0.3) is 5.91 Å². The summed E-state index contributed by atoms with van der Waals surface area (Å²) in [7, 11) is 0. The number of imide groups is 1. The molecule has 0 aliphatic carbocycles. The van der Waals surface area contributed by atoms with Gasteiger partial charge in [0, 0.05) is 17.0 Å². The third-order valence-corrected chi connectivity index (χ3v) is 7.45. The highest BCUT2D eigenvalue weighted by molar-refractivity contribution is 8.00. The van der Waals surface area contributed by atoms with Gasteiger partial charge in [0.2, 0.25) is 11.8 Å². The van der Waals surface area contributed by atoms with Crippen molar-refractivity contribution in [1.82, 2.24) is 0 Å². The molecule has 1 aliphatic rings. The van der Waals surface area contributed by atoms with Crippen LogP contribution in [0, 0.1) is 0 Å². The zero-order valence-electron chi connectivity index (χ0n) is 18.9. The first-order chi connectivity index (χ1) is 17.6. The monoisotopic (exact) mass is 512 g/mol.